The van der Waals surface area contributed by atoms with Gasteiger partial charge in [-0.2, -0.15) is 0 Å². The van der Waals surface area contributed by atoms with Crippen molar-refractivity contribution in [2.75, 3.05) is 0 Å². The molecule has 0 spiro atoms. The zero-order chi connectivity index (χ0) is 21.0. The van der Waals surface area contributed by atoms with E-state index in [1.807, 2.05) is 12.3 Å². The Morgan fingerprint density at radius 2 is 1.90 bits per heavy atom. The quantitative estimate of drug-likeness (QED) is 0.227. The normalized spacial score (nSPS) is 11.7. The van der Waals surface area contributed by atoms with Crippen molar-refractivity contribution >= 4 is 40.5 Å². The van der Waals surface area contributed by atoms with Crippen molar-refractivity contribution in [2.45, 2.75) is 29.2 Å². The monoisotopic (exact) mass is 428 g/mol. The average Bonchev–Trinajstić information content (AvgIpc) is 3.12. The number of ether oxygens (including phenoxy) is 1. The Kier molecular flexibility index (Phi) is 6.40. The van der Waals surface area contributed by atoms with Crippen LogP contribution in [0.1, 0.15) is 33.3 Å². The Labute approximate surface area is 174 Å². The summed E-state index contributed by atoms with van der Waals surface area (Å²) in [6, 6.07) is 12.5. The molecule has 9 heteroatoms. The van der Waals surface area contributed by atoms with Crippen LogP contribution in [0.25, 0.3) is 0 Å². The molecule has 2 aromatic carbocycles. The Bertz CT molecular complexity index is 1070. The van der Waals surface area contributed by atoms with Crippen LogP contribution in [0.4, 0.5) is 5.69 Å². The van der Waals surface area contributed by atoms with Crippen LogP contribution >= 0.6 is 23.1 Å². The second-order valence-corrected chi connectivity index (χ2v) is 8.22. The number of hydrogen-bond acceptors (Lipinski definition) is 8. The van der Waals surface area contributed by atoms with Crippen LogP contribution < -0.4 is 0 Å². The minimum absolute atomic E-state index is 0.00378. The topological polar surface area (TPSA) is 99.4 Å². The number of nitro groups is 1. The lowest BCUT2D eigenvalue weighted by atomic mass is 10.1. The number of Topliss-reactive ketones (excluding diaryl/α,β-unsaturated/α-hetero) is 1. The lowest BCUT2D eigenvalue weighted by molar-refractivity contribution is -0.387. The third-order valence-electron chi connectivity index (χ3n) is 3.90. The molecule has 0 amide bonds. The third-order valence-corrected chi connectivity index (χ3v) is 6.02. The highest BCUT2D eigenvalue weighted by atomic mass is 32.2. The fourth-order valence-corrected chi connectivity index (χ4v) is 4.34. The number of benzene rings is 2. The van der Waals surface area contributed by atoms with E-state index < -0.39 is 17.0 Å². The number of carbonyl (C=O) groups is 2. The van der Waals surface area contributed by atoms with Crippen molar-refractivity contribution in [3.63, 3.8) is 0 Å². The number of aromatic nitrogens is 1. The molecule has 7 nitrogen and oxygen atoms in total. The van der Waals surface area contributed by atoms with Crippen molar-refractivity contribution in [1.29, 1.82) is 0 Å². The summed E-state index contributed by atoms with van der Waals surface area (Å²) >= 11 is 2.54. The first-order valence-corrected chi connectivity index (χ1v) is 10.2. The predicted octanol–water partition coefficient (Wildman–Crippen LogP) is 4.94. The largest absolute Gasteiger partial charge is 0.451 e. The summed E-state index contributed by atoms with van der Waals surface area (Å²) in [4.78, 5) is 40.3. The van der Waals surface area contributed by atoms with Crippen LogP contribution in [0, 0.1) is 17.0 Å². The molecule has 0 N–H and O–H groups in total. The van der Waals surface area contributed by atoms with Gasteiger partial charge >= 0.3 is 5.97 Å². The molecule has 148 valence electrons. The SMILES string of the molecule is Cc1csc(Sc2ccc(C(=O)OC(C)C(=O)c3ccccc3)cc2[N+](=O)[O-])n1. The first-order valence-electron chi connectivity index (χ1n) is 8.54. The zero-order valence-electron chi connectivity index (χ0n) is 15.5. The molecule has 0 fully saturated rings. The van der Waals surface area contributed by atoms with Gasteiger partial charge in [0.1, 0.15) is 0 Å². The molecule has 0 saturated heterocycles. The number of nitrogens with zero attached hydrogens (tertiary/aromatic N) is 2. The van der Waals surface area contributed by atoms with Crippen molar-refractivity contribution in [2.24, 2.45) is 0 Å². The van der Waals surface area contributed by atoms with E-state index in [0.717, 1.165) is 23.5 Å². The summed E-state index contributed by atoms with van der Waals surface area (Å²) in [5.41, 5.74) is 1.03. The molecule has 29 heavy (non-hydrogen) atoms. The van der Waals surface area contributed by atoms with Gasteiger partial charge in [-0.15, -0.1) is 11.3 Å². The molecule has 1 unspecified atom stereocenters. The summed E-state index contributed by atoms with van der Waals surface area (Å²) in [7, 11) is 0. The molecule has 0 saturated carbocycles. The van der Waals surface area contributed by atoms with E-state index in [-0.39, 0.29) is 17.0 Å². The lowest BCUT2D eigenvalue weighted by Gasteiger charge is -2.12. The summed E-state index contributed by atoms with van der Waals surface area (Å²) < 4.78 is 5.89. The van der Waals surface area contributed by atoms with Gasteiger partial charge in [-0.25, -0.2) is 9.78 Å². The van der Waals surface area contributed by atoms with Gasteiger partial charge in [0.05, 0.1) is 15.4 Å². The lowest BCUT2D eigenvalue weighted by Crippen LogP contribution is -2.24. The van der Waals surface area contributed by atoms with E-state index in [0.29, 0.717) is 14.8 Å². The molecule has 1 atom stereocenters. The highest BCUT2D eigenvalue weighted by molar-refractivity contribution is 8.01. The number of nitro benzene ring substituents is 1. The molecule has 3 rings (SSSR count). The van der Waals surface area contributed by atoms with Crippen LogP contribution in [0.2, 0.25) is 0 Å². The van der Waals surface area contributed by atoms with Gasteiger partial charge in [0.2, 0.25) is 5.78 Å². The van der Waals surface area contributed by atoms with Gasteiger partial charge in [-0.1, -0.05) is 42.1 Å². The molecule has 0 aliphatic carbocycles. The second-order valence-electron chi connectivity index (χ2n) is 6.07. The van der Waals surface area contributed by atoms with Gasteiger partial charge in [-0.05, 0) is 26.0 Å². The molecule has 0 aliphatic rings. The number of esters is 1. The number of rotatable bonds is 7. The Morgan fingerprint density at radius 1 is 1.17 bits per heavy atom. The van der Waals surface area contributed by atoms with E-state index in [1.54, 1.807) is 30.3 Å². The third kappa shape index (κ3) is 5.07. The summed E-state index contributed by atoms with van der Waals surface area (Å²) in [5, 5.41) is 13.3. The van der Waals surface area contributed by atoms with Crippen molar-refractivity contribution in [3.05, 3.63) is 80.8 Å². The maximum Gasteiger partial charge on any atom is 0.339 e. The van der Waals surface area contributed by atoms with E-state index in [1.165, 1.54) is 30.4 Å². The molecule has 0 bridgehead atoms. The van der Waals surface area contributed by atoms with E-state index >= 15 is 0 Å². The molecular weight excluding hydrogens is 412 g/mol. The van der Waals surface area contributed by atoms with Crippen molar-refractivity contribution in [3.8, 4) is 0 Å². The van der Waals surface area contributed by atoms with Crippen LogP contribution in [-0.2, 0) is 4.74 Å². The van der Waals surface area contributed by atoms with E-state index in [4.69, 9.17) is 4.74 Å². The second kappa shape index (κ2) is 8.97. The van der Waals surface area contributed by atoms with Crippen molar-refractivity contribution < 1.29 is 19.2 Å². The number of thiazole rings is 1. The first-order chi connectivity index (χ1) is 13.8. The smallest absolute Gasteiger partial charge is 0.339 e. The molecule has 1 aromatic heterocycles. The van der Waals surface area contributed by atoms with Gasteiger partial charge in [-0.3, -0.25) is 14.9 Å². The standard InChI is InChI=1S/C20H16N2O5S2/c1-12-11-28-20(21-12)29-17-9-8-15(10-16(17)22(25)26)19(24)27-13(2)18(23)14-6-4-3-5-7-14/h3-11,13H,1-2H3. The summed E-state index contributed by atoms with van der Waals surface area (Å²) in [6.45, 7) is 3.31. The number of ketones is 1. The maximum atomic E-state index is 12.4. The van der Waals surface area contributed by atoms with Gasteiger partial charge in [0, 0.05) is 22.7 Å². The maximum absolute atomic E-state index is 12.4. The fraction of sp³-hybridized carbons (Fsp3) is 0.150. The van der Waals surface area contributed by atoms with Crippen molar-refractivity contribution in [1.82, 2.24) is 4.98 Å². The van der Waals surface area contributed by atoms with Crippen LogP contribution in [0.5, 0.6) is 0 Å². The summed E-state index contributed by atoms with van der Waals surface area (Å²) in [6.07, 6.45) is -1.02. The highest BCUT2D eigenvalue weighted by Gasteiger charge is 2.23. The molecule has 1 heterocycles. The Balaban J connectivity index is 1.77. The number of carbonyl (C=O) groups excluding carboxylic acids is 2. The van der Waals surface area contributed by atoms with Gasteiger partial charge < -0.3 is 4.74 Å². The minimum atomic E-state index is -1.02. The minimum Gasteiger partial charge on any atom is -0.451 e. The Hall–Kier alpha value is -3.04. The van der Waals surface area contributed by atoms with Crippen LogP contribution in [0.3, 0.4) is 0 Å². The fourth-order valence-electron chi connectivity index (χ4n) is 2.47. The number of aryl methyl sites for hydroxylation is 1. The van der Waals surface area contributed by atoms with E-state index in [9.17, 15) is 19.7 Å². The average molecular weight is 428 g/mol. The molecule has 3 aromatic rings. The number of hydrogen-bond donors (Lipinski definition) is 0. The molecule has 0 aliphatic heterocycles. The van der Waals surface area contributed by atoms with E-state index in [2.05, 4.69) is 4.98 Å². The Morgan fingerprint density at radius 3 is 2.52 bits per heavy atom. The first kappa shape index (κ1) is 20.7. The highest BCUT2D eigenvalue weighted by Crippen LogP contribution is 2.37. The van der Waals surface area contributed by atoms with Crippen LogP contribution in [0.15, 0.2) is 63.1 Å². The van der Waals surface area contributed by atoms with Gasteiger partial charge in [0.25, 0.3) is 5.69 Å². The molecular formula is C20H16N2O5S2. The van der Waals surface area contributed by atoms with Gasteiger partial charge in [0.15, 0.2) is 10.4 Å². The predicted molar refractivity (Wildman–Crippen MR) is 110 cm³/mol. The summed E-state index contributed by atoms with van der Waals surface area (Å²) in [5.74, 6) is -1.15. The zero-order valence-corrected chi connectivity index (χ0v) is 17.2. The van der Waals surface area contributed by atoms with Crippen LogP contribution in [-0.4, -0.2) is 27.8 Å². The molecule has 0 radical (unpaired) electrons.